The molecule has 0 heterocycles. The highest BCUT2D eigenvalue weighted by Gasteiger charge is 2.07. The topological polar surface area (TPSA) is 36.8 Å². The number of hydrogen-bond donors (Lipinski definition) is 1. The number of rotatable bonds is 18. The van der Waals surface area contributed by atoms with E-state index in [0.29, 0.717) is 0 Å². The SMILES string of the molecule is CCCCCCCCCCCCCCCCNc1ccc2ccccc2c1N=Nc1ccccc1. The van der Waals surface area contributed by atoms with Crippen molar-refractivity contribution >= 4 is 27.8 Å². The van der Waals surface area contributed by atoms with Crippen molar-refractivity contribution in [2.45, 2.75) is 96.8 Å². The molecule has 3 aromatic rings. The second kappa shape index (κ2) is 16.9. The minimum absolute atomic E-state index is 0.873. The molecule has 188 valence electrons. The number of nitrogens with zero attached hydrogens (tertiary/aromatic N) is 2. The van der Waals surface area contributed by atoms with Crippen molar-refractivity contribution in [3.8, 4) is 0 Å². The van der Waals surface area contributed by atoms with Crippen LogP contribution in [0.1, 0.15) is 96.8 Å². The van der Waals surface area contributed by atoms with Crippen molar-refractivity contribution in [2.24, 2.45) is 10.2 Å². The Kier molecular flexibility index (Phi) is 13.0. The van der Waals surface area contributed by atoms with Crippen molar-refractivity contribution in [3.05, 3.63) is 66.7 Å². The monoisotopic (exact) mass is 471 g/mol. The highest BCUT2D eigenvalue weighted by atomic mass is 15.1. The van der Waals surface area contributed by atoms with Crippen LogP contribution >= 0.6 is 0 Å². The smallest absolute Gasteiger partial charge is 0.117 e. The second-order valence-electron chi connectivity index (χ2n) is 9.74. The van der Waals surface area contributed by atoms with Crippen LogP contribution in [-0.2, 0) is 0 Å². The van der Waals surface area contributed by atoms with Gasteiger partial charge in [0, 0.05) is 11.9 Å². The van der Waals surface area contributed by atoms with Gasteiger partial charge in [0.05, 0.1) is 11.4 Å². The molecule has 0 saturated carbocycles. The molecule has 3 heteroatoms. The van der Waals surface area contributed by atoms with Crippen molar-refractivity contribution in [1.29, 1.82) is 0 Å². The predicted molar refractivity (Wildman–Crippen MR) is 153 cm³/mol. The molecule has 0 amide bonds. The molecule has 0 aliphatic rings. The van der Waals surface area contributed by atoms with Crippen LogP contribution in [-0.4, -0.2) is 6.54 Å². The number of unbranched alkanes of at least 4 members (excludes halogenated alkanes) is 13. The van der Waals surface area contributed by atoms with E-state index >= 15 is 0 Å². The van der Waals surface area contributed by atoms with Crippen LogP contribution in [0.15, 0.2) is 77.0 Å². The number of nitrogens with one attached hydrogen (secondary N) is 1. The Hall–Kier alpha value is -2.68. The van der Waals surface area contributed by atoms with E-state index in [1.807, 2.05) is 30.3 Å². The van der Waals surface area contributed by atoms with Crippen LogP contribution in [0.25, 0.3) is 10.8 Å². The highest BCUT2D eigenvalue weighted by Crippen LogP contribution is 2.35. The minimum Gasteiger partial charge on any atom is -0.383 e. The van der Waals surface area contributed by atoms with Gasteiger partial charge in [-0.25, -0.2) is 0 Å². The maximum Gasteiger partial charge on any atom is 0.117 e. The lowest BCUT2D eigenvalue weighted by Gasteiger charge is -2.11. The maximum atomic E-state index is 4.66. The molecule has 3 nitrogen and oxygen atoms in total. The summed E-state index contributed by atoms with van der Waals surface area (Å²) in [5, 5.41) is 15.1. The zero-order chi connectivity index (χ0) is 24.4. The summed E-state index contributed by atoms with van der Waals surface area (Å²) >= 11 is 0. The molecule has 0 bridgehead atoms. The molecule has 0 aromatic heterocycles. The van der Waals surface area contributed by atoms with Crippen molar-refractivity contribution in [1.82, 2.24) is 0 Å². The maximum absolute atomic E-state index is 4.66. The standard InChI is InChI=1S/C32H45N3/c1-2-3-4-5-6-7-8-9-10-11-12-13-14-20-27-33-31-26-25-28-21-18-19-24-30(28)32(31)35-34-29-22-16-15-17-23-29/h15-19,21-26,33H,2-14,20,27H2,1H3. The molecule has 3 aromatic carbocycles. The first-order valence-electron chi connectivity index (χ1n) is 14.1. The number of hydrogen-bond acceptors (Lipinski definition) is 3. The van der Waals surface area contributed by atoms with E-state index in [2.05, 4.69) is 58.9 Å². The third-order valence-corrected chi connectivity index (χ3v) is 6.77. The van der Waals surface area contributed by atoms with Crippen LogP contribution in [0.2, 0.25) is 0 Å². The minimum atomic E-state index is 0.873. The quantitative estimate of drug-likeness (QED) is 0.145. The summed E-state index contributed by atoms with van der Waals surface area (Å²) in [6.45, 7) is 3.27. The molecule has 0 fully saturated rings. The Balaban J connectivity index is 1.34. The third-order valence-electron chi connectivity index (χ3n) is 6.77. The number of anilines is 1. The molecular weight excluding hydrogens is 426 g/mol. The Morgan fingerprint density at radius 2 is 1.11 bits per heavy atom. The van der Waals surface area contributed by atoms with E-state index < -0.39 is 0 Å². The highest BCUT2D eigenvalue weighted by molar-refractivity contribution is 5.98. The van der Waals surface area contributed by atoms with Gasteiger partial charge in [-0.1, -0.05) is 139 Å². The van der Waals surface area contributed by atoms with E-state index in [0.717, 1.165) is 29.0 Å². The molecule has 0 aliphatic heterocycles. The fraction of sp³-hybridized carbons (Fsp3) is 0.500. The fourth-order valence-corrected chi connectivity index (χ4v) is 4.65. The van der Waals surface area contributed by atoms with E-state index in [9.17, 15) is 0 Å². The molecule has 0 radical (unpaired) electrons. The van der Waals surface area contributed by atoms with Gasteiger partial charge in [0.25, 0.3) is 0 Å². The third kappa shape index (κ3) is 10.2. The molecule has 0 aliphatic carbocycles. The van der Waals surface area contributed by atoms with Gasteiger partial charge in [-0.2, -0.15) is 5.11 Å². The van der Waals surface area contributed by atoms with E-state index in [1.165, 1.54) is 95.3 Å². The van der Waals surface area contributed by atoms with Crippen LogP contribution in [0.5, 0.6) is 0 Å². The summed E-state index contributed by atoms with van der Waals surface area (Å²) in [5.41, 5.74) is 2.87. The lowest BCUT2D eigenvalue weighted by atomic mass is 10.0. The van der Waals surface area contributed by atoms with Crippen molar-refractivity contribution < 1.29 is 0 Å². The zero-order valence-corrected chi connectivity index (χ0v) is 21.9. The lowest BCUT2D eigenvalue weighted by molar-refractivity contribution is 0.537. The summed E-state index contributed by atoms with van der Waals surface area (Å²) in [7, 11) is 0. The number of fused-ring (bicyclic) bond motifs is 1. The Morgan fingerprint density at radius 1 is 0.543 bits per heavy atom. The van der Waals surface area contributed by atoms with Crippen molar-refractivity contribution in [2.75, 3.05) is 11.9 Å². The first-order valence-corrected chi connectivity index (χ1v) is 14.1. The average Bonchev–Trinajstić information content (AvgIpc) is 2.90. The molecule has 0 unspecified atom stereocenters. The molecule has 0 saturated heterocycles. The van der Waals surface area contributed by atoms with Crippen molar-refractivity contribution in [3.63, 3.8) is 0 Å². The average molecular weight is 472 g/mol. The van der Waals surface area contributed by atoms with Gasteiger partial charge in [0.2, 0.25) is 0 Å². The largest absolute Gasteiger partial charge is 0.383 e. The predicted octanol–water partition coefficient (Wildman–Crippen LogP) is 11.1. The zero-order valence-electron chi connectivity index (χ0n) is 21.9. The molecule has 1 N–H and O–H groups in total. The molecule has 0 atom stereocenters. The summed E-state index contributed by atoms with van der Waals surface area (Å²) < 4.78 is 0. The van der Waals surface area contributed by atoms with E-state index in [-0.39, 0.29) is 0 Å². The van der Waals surface area contributed by atoms with Gasteiger partial charge >= 0.3 is 0 Å². The van der Waals surface area contributed by atoms with Gasteiger partial charge in [-0.15, -0.1) is 5.11 Å². The Bertz CT molecular complexity index is 981. The summed E-state index contributed by atoms with van der Waals surface area (Å²) in [6.07, 6.45) is 19.4. The fourth-order valence-electron chi connectivity index (χ4n) is 4.65. The van der Waals surface area contributed by atoms with Crippen LogP contribution in [0.3, 0.4) is 0 Å². The van der Waals surface area contributed by atoms with Gasteiger partial charge in [-0.05, 0) is 30.0 Å². The summed E-state index contributed by atoms with van der Waals surface area (Å²) in [4.78, 5) is 0. The Labute approximate surface area is 213 Å². The van der Waals surface area contributed by atoms with Crippen LogP contribution in [0, 0.1) is 0 Å². The molecule has 35 heavy (non-hydrogen) atoms. The second-order valence-corrected chi connectivity index (χ2v) is 9.74. The van der Waals surface area contributed by atoms with E-state index in [1.54, 1.807) is 0 Å². The van der Waals surface area contributed by atoms with Gasteiger partial charge in [0.1, 0.15) is 5.69 Å². The first-order chi connectivity index (χ1) is 17.4. The van der Waals surface area contributed by atoms with Gasteiger partial charge < -0.3 is 5.32 Å². The summed E-state index contributed by atoms with van der Waals surface area (Å²) in [6, 6.07) is 22.7. The lowest BCUT2D eigenvalue weighted by Crippen LogP contribution is -2.01. The molecule has 3 rings (SSSR count). The molecular formula is C32H45N3. The Morgan fingerprint density at radius 3 is 1.77 bits per heavy atom. The van der Waals surface area contributed by atoms with E-state index in [4.69, 9.17) is 0 Å². The van der Waals surface area contributed by atoms with Crippen LogP contribution < -0.4 is 5.32 Å². The normalized spacial score (nSPS) is 11.5. The van der Waals surface area contributed by atoms with Gasteiger partial charge in [-0.3, -0.25) is 0 Å². The first kappa shape index (κ1) is 26.9. The number of benzene rings is 3. The van der Waals surface area contributed by atoms with Gasteiger partial charge in [0.15, 0.2) is 0 Å². The summed E-state index contributed by atoms with van der Waals surface area (Å²) in [5.74, 6) is 0. The molecule has 0 spiro atoms. The number of azo groups is 1. The van der Waals surface area contributed by atoms with Crippen LogP contribution in [0.4, 0.5) is 17.1 Å².